The molecule has 2 aromatic rings. The summed E-state index contributed by atoms with van der Waals surface area (Å²) in [7, 11) is 0. The van der Waals surface area contributed by atoms with Crippen LogP contribution >= 0.6 is 0 Å². The van der Waals surface area contributed by atoms with Gasteiger partial charge in [0.15, 0.2) is 0 Å². The number of para-hydroxylation sites is 1. The van der Waals surface area contributed by atoms with E-state index in [1.54, 1.807) is 11.6 Å². The number of rotatable bonds is 5. The Hall–Kier alpha value is -2.39. The van der Waals surface area contributed by atoms with Gasteiger partial charge in [0.2, 0.25) is 0 Å². The van der Waals surface area contributed by atoms with E-state index in [2.05, 4.69) is 15.7 Å². The topological polar surface area (TPSA) is 62.2 Å². The monoisotopic (exact) mass is 381 g/mol. The van der Waals surface area contributed by atoms with Crippen LogP contribution in [0.2, 0.25) is 0 Å². The van der Waals surface area contributed by atoms with Crippen molar-refractivity contribution in [3.05, 3.63) is 47.8 Å². The van der Waals surface area contributed by atoms with Gasteiger partial charge < -0.3 is 10.6 Å². The number of halogens is 3. The Balaban J connectivity index is 1.70. The average Bonchev–Trinajstić information content (AvgIpc) is 3.04. The molecule has 1 amide bonds. The van der Waals surface area contributed by atoms with Gasteiger partial charge in [-0.3, -0.25) is 9.69 Å². The number of amides is 1. The second kappa shape index (κ2) is 8.10. The lowest BCUT2D eigenvalue weighted by molar-refractivity contribution is -0.183. The van der Waals surface area contributed by atoms with E-state index in [1.807, 2.05) is 30.3 Å². The molecule has 1 fully saturated rings. The van der Waals surface area contributed by atoms with E-state index in [9.17, 15) is 18.0 Å². The van der Waals surface area contributed by atoms with Crippen molar-refractivity contribution in [1.82, 2.24) is 25.3 Å². The Morgan fingerprint density at radius 3 is 2.56 bits per heavy atom. The van der Waals surface area contributed by atoms with Gasteiger partial charge in [-0.25, -0.2) is 4.68 Å². The van der Waals surface area contributed by atoms with Crippen LogP contribution < -0.4 is 10.6 Å². The molecule has 0 bridgehead atoms. The Bertz CT molecular complexity index is 769. The minimum atomic E-state index is -4.41. The van der Waals surface area contributed by atoms with Crippen molar-refractivity contribution in [2.24, 2.45) is 0 Å². The average molecular weight is 381 g/mol. The maximum absolute atomic E-state index is 13.4. The first kappa shape index (κ1) is 19.4. The summed E-state index contributed by atoms with van der Waals surface area (Å²) in [4.78, 5) is 13.8. The highest BCUT2D eigenvalue weighted by Gasteiger charge is 2.43. The van der Waals surface area contributed by atoms with E-state index in [0.29, 0.717) is 31.9 Å². The molecule has 0 aliphatic carbocycles. The van der Waals surface area contributed by atoms with Gasteiger partial charge in [0.05, 0.1) is 23.1 Å². The summed E-state index contributed by atoms with van der Waals surface area (Å²) in [6, 6.07) is 7.53. The fraction of sp³-hybridized carbons (Fsp3) is 0.444. The van der Waals surface area contributed by atoms with Crippen molar-refractivity contribution in [1.29, 1.82) is 0 Å². The second-order valence-corrected chi connectivity index (χ2v) is 6.44. The molecule has 1 aromatic heterocycles. The summed E-state index contributed by atoms with van der Waals surface area (Å²) in [5.41, 5.74) is 1.62. The fourth-order valence-electron chi connectivity index (χ4n) is 3.19. The molecule has 1 aromatic carbocycles. The normalized spacial score (nSPS) is 16.9. The van der Waals surface area contributed by atoms with Crippen LogP contribution in [-0.2, 0) is 0 Å². The van der Waals surface area contributed by atoms with Crippen LogP contribution in [0.3, 0.4) is 0 Å². The number of piperazine rings is 1. The maximum Gasteiger partial charge on any atom is 0.405 e. The predicted octanol–water partition coefficient (Wildman–Crippen LogP) is 1.75. The Morgan fingerprint density at radius 1 is 1.26 bits per heavy atom. The van der Waals surface area contributed by atoms with Crippen LogP contribution in [0, 0.1) is 6.92 Å². The first-order chi connectivity index (χ1) is 12.9. The molecule has 0 radical (unpaired) electrons. The molecule has 27 heavy (non-hydrogen) atoms. The van der Waals surface area contributed by atoms with Gasteiger partial charge in [0.1, 0.15) is 6.04 Å². The number of benzene rings is 1. The van der Waals surface area contributed by atoms with Crippen molar-refractivity contribution in [2.75, 3.05) is 32.7 Å². The van der Waals surface area contributed by atoms with Gasteiger partial charge in [-0.05, 0) is 19.1 Å². The zero-order valence-electron chi connectivity index (χ0n) is 15.0. The molecule has 1 aliphatic heterocycles. The van der Waals surface area contributed by atoms with Crippen LogP contribution in [-0.4, -0.2) is 65.5 Å². The fourth-order valence-corrected chi connectivity index (χ4v) is 3.19. The molecular formula is C18H22F3N5O. The predicted molar refractivity (Wildman–Crippen MR) is 94.9 cm³/mol. The van der Waals surface area contributed by atoms with Gasteiger partial charge >= 0.3 is 6.18 Å². The number of carbonyl (C=O) groups is 1. The number of hydrogen-bond acceptors (Lipinski definition) is 4. The third-order valence-electron chi connectivity index (χ3n) is 4.68. The summed E-state index contributed by atoms with van der Waals surface area (Å²) >= 11 is 0. The molecule has 1 unspecified atom stereocenters. The highest BCUT2D eigenvalue weighted by atomic mass is 19.4. The van der Waals surface area contributed by atoms with Crippen LogP contribution in [0.1, 0.15) is 16.1 Å². The largest absolute Gasteiger partial charge is 0.405 e. The zero-order chi connectivity index (χ0) is 19.4. The Labute approximate surface area is 155 Å². The van der Waals surface area contributed by atoms with E-state index in [-0.39, 0.29) is 5.56 Å². The first-order valence-corrected chi connectivity index (χ1v) is 8.77. The highest BCUT2D eigenvalue weighted by Crippen LogP contribution is 2.25. The lowest BCUT2D eigenvalue weighted by Crippen LogP contribution is -2.57. The summed E-state index contributed by atoms with van der Waals surface area (Å²) in [6.07, 6.45) is -3.03. The van der Waals surface area contributed by atoms with E-state index in [0.717, 1.165) is 5.69 Å². The molecule has 146 valence electrons. The second-order valence-electron chi connectivity index (χ2n) is 6.44. The lowest BCUT2D eigenvalue weighted by atomic mass is 10.2. The standard InChI is InChI=1S/C18H22F3N5O/c1-13-15(11-24-26(13)14-5-3-2-4-6-14)17(27)23-12-16(18(19,20)21)25-9-7-22-8-10-25/h2-6,11,16,22H,7-10,12H2,1H3,(H,23,27). The molecule has 1 atom stereocenters. The van der Waals surface area contributed by atoms with Gasteiger partial charge in [0.25, 0.3) is 5.91 Å². The molecule has 0 spiro atoms. The smallest absolute Gasteiger partial charge is 0.350 e. The minimum Gasteiger partial charge on any atom is -0.350 e. The van der Waals surface area contributed by atoms with E-state index in [1.165, 1.54) is 11.1 Å². The number of carbonyl (C=O) groups excluding carboxylic acids is 1. The van der Waals surface area contributed by atoms with Crippen LogP contribution in [0.25, 0.3) is 5.69 Å². The molecule has 3 rings (SSSR count). The third kappa shape index (κ3) is 4.48. The summed E-state index contributed by atoms with van der Waals surface area (Å²) in [5.74, 6) is -0.556. The van der Waals surface area contributed by atoms with Crippen molar-refractivity contribution in [3.63, 3.8) is 0 Å². The van der Waals surface area contributed by atoms with Gasteiger partial charge in [0, 0.05) is 32.7 Å². The molecular weight excluding hydrogens is 359 g/mol. The summed E-state index contributed by atoms with van der Waals surface area (Å²) < 4.78 is 41.9. The summed E-state index contributed by atoms with van der Waals surface area (Å²) in [5, 5.41) is 9.65. The lowest BCUT2D eigenvalue weighted by Gasteiger charge is -2.35. The summed E-state index contributed by atoms with van der Waals surface area (Å²) in [6.45, 7) is 2.83. The number of nitrogens with zero attached hydrogens (tertiary/aromatic N) is 3. The molecule has 6 nitrogen and oxygen atoms in total. The first-order valence-electron chi connectivity index (χ1n) is 8.77. The van der Waals surface area contributed by atoms with Crippen LogP contribution in [0.5, 0.6) is 0 Å². The minimum absolute atomic E-state index is 0.264. The number of hydrogen-bond donors (Lipinski definition) is 2. The van der Waals surface area contributed by atoms with Gasteiger partial charge in [-0.1, -0.05) is 18.2 Å². The number of alkyl halides is 3. The molecule has 1 saturated heterocycles. The van der Waals surface area contributed by atoms with Crippen molar-refractivity contribution >= 4 is 5.91 Å². The highest BCUT2D eigenvalue weighted by molar-refractivity contribution is 5.95. The Morgan fingerprint density at radius 2 is 1.93 bits per heavy atom. The van der Waals surface area contributed by atoms with Crippen molar-refractivity contribution in [2.45, 2.75) is 19.1 Å². The quantitative estimate of drug-likeness (QED) is 0.829. The molecule has 9 heteroatoms. The molecule has 2 N–H and O–H groups in total. The van der Waals surface area contributed by atoms with Gasteiger partial charge in [-0.2, -0.15) is 18.3 Å². The molecule has 2 heterocycles. The van der Waals surface area contributed by atoms with Crippen LogP contribution in [0.4, 0.5) is 13.2 Å². The van der Waals surface area contributed by atoms with Crippen LogP contribution in [0.15, 0.2) is 36.5 Å². The van der Waals surface area contributed by atoms with Crippen molar-refractivity contribution < 1.29 is 18.0 Å². The zero-order valence-corrected chi connectivity index (χ0v) is 15.0. The van der Waals surface area contributed by atoms with E-state index >= 15 is 0 Å². The van der Waals surface area contributed by atoms with Crippen molar-refractivity contribution in [3.8, 4) is 5.69 Å². The molecule has 0 saturated carbocycles. The number of aromatic nitrogens is 2. The maximum atomic E-state index is 13.4. The van der Waals surface area contributed by atoms with Gasteiger partial charge in [-0.15, -0.1) is 0 Å². The number of nitrogens with one attached hydrogen (secondary N) is 2. The molecule has 1 aliphatic rings. The SMILES string of the molecule is Cc1c(C(=O)NCC(N2CCNCC2)C(F)(F)F)cnn1-c1ccccc1. The third-order valence-corrected chi connectivity index (χ3v) is 4.68. The van der Waals surface area contributed by atoms with E-state index in [4.69, 9.17) is 0 Å². The van der Waals surface area contributed by atoms with E-state index < -0.39 is 24.7 Å². The Kier molecular flexibility index (Phi) is 5.81.